The van der Waals surface area contributed by atoms with Gasteiger partial charge in [0.2, 0.25) is 11.9 Å². The van der Waals surface area contributed by atoms with Crippen molar-refractivity contribution in [3.05, 3.63) is 36.4 Å². The van der Waals surface area contributed by atoms with E-state index in [1.807, 2.05) is 18.3 Å². The molecular formula is C20H27N5O2. The van der Waals surface area contributed by atoms with Gasteiger partial charge in [0.05, 0.1) is 5.69 Å². The van der Waals surface area contributed by atoms with Gasteiger partial charge in [-0.05, 0) is 36.5 Å². The largest absolute Gasteiger partial charge is 0.375 e. The maximum atomic E-state index is 11.7. The van der Waals surface area contributed by atoms with Crippen LogP contribution in [0.25, 0.3) is 11.1 Å². The van der Waals surface area contributed by atoms with Crippen LogP contribution in [0.2, 0.25) is 0 Å². The normalized spacial score (nSPS) is 15.2. The number of nitrogens with one attached hydrogen (secondary N) is 1. The lowest BCUT2D eigenvalue weighted by molar-refractivity contribution is -0.125. The van der Waals surface area contributed by atoms with Crippen molar-refractivity contribution in [3.63, 3.8) is 0 Å². The molecule has 1 saturated heterocycles. The topological polar surface area (TPSA) is 80.2 Å². The van der Waals surface area contributed by atoms with Crippen LogP contribution in [-0.4, -0.2) is 53.7 Å². The summed E-state index contributed by atoms with van der Waals surface area (Å²) in [5.74, 6) is 0.995. The Kier molecular flexibility index (Phi) is 6.34. The minimum absolute atomic E-state index is 0.0593. The highest BCUT2D eigenvalue weighted by Gasteiger charge is 2.23. The molecule has 1 N–H and O–H groups in total. The van der Waals surface area contributed by atoms with Crippen LogP contribution in [0.3, 0.4) is 0 Å². The van der Waals surface area contributed by atoms with Crippen molar-refractivity contribution >= 4 is 11.9 Å². The summed E-state index contributed by atoms with van der Waals surface area (Å²) >= 11 is 0. The molecule has 2 aromatic heterocycles. The number of ether oxygens (including phenoxy) is 1. The summed E-state index contributed by atoms with van der Waals surface area (Å²) in [5.41, 5.74) is 3.18. The molecule has 0 aliphatic carbocycles. The van der Waals surface area contributed by atoms with Crippen LogP contribution < -0.4 is 10.2 Å². The molecule has 0 spiro atoms. The molecule has 2 aromatic rings. The van der Waals surface area contributed by atoms with Crippen LogP contribution in [0.4, 0.5) is 5.95 Å². The fraction of sp³-hybridized carbons (Fsp3) is 0.500. The van der Waals surface area contributed by atoms with Gasteiger partial charge in [-0.3, -0.25) is 9.78 Å². The van der Waals surface area contributed by atoms with Gasteiger partial charge in [-0.15, -0.1) is 0 Å². The van der Waals surface area contributed by atoms with Gasteiger partial charge in [-0.1, -0.05) is 13.8 Å². The molecule has 27 heavy (non-hydrogen) atoms. The number of piperidine rings is 1. The average Bonchev–Trinajstić information content (AvgIpc) is 2.69. The third-order valence-corrected chi connectivity index (χ3v) is 4.76. The number of carbonyl (C=O) groups excluding carboxylic acids is 1. The summed E-state index contributed by atoms with van der Waals surface area (Å²) in [4.78, 5) is 27.5. The van der Waals surface area contributed by atoms with Gasteiger partial charge in [0.15, 0.2) is 0 Å². The van der Waals surface area contributed by atoms with Crippen LogP contribution in [0, 0.1) is 0 Å². The molecule has 1 amide bonds. The van der Waals surface area contributed by atoms with Gasteiger partial charge < -0.3 is 15.0 Å². The summed E-state index contributed by atoms with van der Waals surface area (Å²) in [5, 5.41) is 3.01. The Bertz CT molecular complexity index is 758. The number of hydrogen-bond donors (Lipinski definition) is 1. The Morgan fingerprint density at radius 2 is 2.00 bits per heavy atom. The number of anilines is 1. The maximum Gasteiger partial charge on any atom is 0.246 e. The Hall–Kier alpha value is -2.54. The number of amides is 1. The molecule has 0 atom stereocenters. The number of carbonyl (C=O) groups is 1. The van der Waals surface area contributed by atoms with Crippen LogP contribution in [-0.2, 0) is 9.53 Å². The minimum atomic E-state index is -0.0593. The van der Waals surface area contributed by atoms with Gasteiger partial charge in [-0.2, -0.15) is 0 Å². The number of nitrogens with zero attached hydrogens (tertiary/aromatic N) is 4. The molecule has 0 unspecified atom stereocenters. The molecule has 1 aliphatic rings. The highest BCUT2D eigenvalue weighted by molar-refractivity contribution is 5.77. The maximum absolute atomic E-state index is 11.7. The Morgan fingerprint density at radius 3 is 2.63 bits per heavy atom. The molecule has 1 aliphatic heterocycles. The lowest BCUT2D eigenvalue weighted by atomic mass is 10.00. The molecular weight excluding hydrogens is 342 g/mol. The Labute approximate surface area is 160 Å². The second kappa shape index (κ2) is 8.90. The summed E-state index contributed by atoms with van der Waals surface area (Å²) in [7, 11) is 1.53. The first kappa shape index (κ1) is 19.2. The van der Waals surface area contributed by atoms with E-state index in [0.717, 1.165) is 48.7 Å². The van der Waals surface area contributed by atoms with Crippen LogP contribution >= 0.6 is 0 Å². The fourth-order valence-electron chi connectivity index (χ4n) is 3.36. The molecule has 1 fully saturated rings. The molecule has 0 radical (unpaired) electrons. The van der Waals surface area contributed by atoms with Gasteiger partial charge >= 0.3 is 0 Å². The number of methoxy groups -OCH3 is 1. The summed E-state index contributed by atoms with van der Waals surface area (Å²) in [6.07, 6.45) is 7.25. The molecule has 0 aromatic carbocycles. The first-order valence-corrected chi connectivity index (χ1v) is 9.39. The quantitative estimate of drug-likeness (QED) is 0.842. The molecule has 7 nitrogen and oxygen atoms in total. The zero-order valence-corrected chi connectivity index (χ0v) is 16.2. The lowest BCUT2D eigenvalue weighted by Gasteiger charge is -2.32. The predicted molar refractivity (Wildman–Crippen MR) is 105 cm³/mol. The zero-order valence-electron chi connectivity index (χ0n) is 16.2. The van der Waals surface area contributed by atoms with Crippen molar-refractivity contribution in [1.82, 2.24) is 20.3 Å². The van der Waals surface area contributed by atoms with Crippen molar-refractivity contribution in [3.8, 4) is 11.1 Å². The van der Waals surface area contributed by atoms with Crippen molar-refractivity contribution in [2.24, 2.45) is 0 Å². The summed E-state index contributed by atoms with van der Waals surface area (Å²) in [6.45, 7) is 6.05. The zero-order chi connectivity index (χ0) is 19.2. The second-order valence-corrected chi connectivity index (χ2v) is 7.12. The first-order valence-electron chi connectivity index (χ1n) is 9.39. The van der Waals surface area contributed by atoms with E-state index >= 15 is 0 Å². The molecule has 0 bridgehead atoms. The summed E-state index contributed by atoms with van der Waals surface area (Å²) in [6, 6.07) is 4.15. The number of pyridine rings is 1. The lowest BCUT2D eigenvalue weighted by Crippen LogP contribution is -2.46. The third kappa shape index (κ3) is 4.80. The third-order valence-electron chi connectivity index (χ3n) is 4.76. The second-order valence-electron chi connectivity index (χ2n) is 7.12. The van der Waals surface area contributed by atoms with Gasteiger partial charge in [0, 0.05) is 50.4 Å². The fourth-order valence-corrected chi connectivity index (χ4v) is 3.36. The van der Waals surface area contributed by atoms with Gasteiger partial charge in [0.1, 0.15) is 6.61 Å². The van der Waals surface area contributed by atoms with Gasteiger partial charge in [-0.25, -0.2) is 9.97 Å². The van der Waals surface area contributed by atoms with E-state index in [-0.39, 0.29) is 18.6 Å². The molecule has 144 valence electrons. The monoisotopic (exact) mass is 369 g/mol. The van der Waals surface area contributed by atoms with Crippen LogP contribution in [0.15, 0.2) is 30.7 Å². The van der Waals surface area contributed by atoms with Crippen LogP contribution in [0.1, 0.15) is 38.3 Å². The Morgan fingerprint density at radius 1 is 1.30 bits per heavy atom. The van der Waals surface area contributed by atoms with Crippen molar-refractivity contribution in [2.75, 3.05) is 31.7 Å². The van der Waals surface area contributed by atoms with E-state index < -0.39 is 0 Å². The number of hydrogen-bond acceptors (Lipinski definition) is 6. The average molecular weight is 369 g/mol. The van der Waals surface area contributed by atoms with E-state index in [0.29, 0.717) is 5.92 Å². The van der Waals surface area contributed by atoms with Crippen molar-refractivity contribution < 1.29 is 9.53 Å². The molecule has 0 saturated carbocycles. The van der Waals surface area contributed by atoms with Crippen molar-refractivity contribution in [2.45, 2.75) is 38.6 Å². The van der Waals surface area contributed by atoms with E-state index in [1.165, 1.54) is 7.11 Å². The van der Waals surface area contributed by atoms with E-state index in [2.05, 4.69) is 34.0 Å². The van der Waals surface area contributed by atoms with E-state index in [1.54, 1.807) is 12.4 Å². The minimum Gasteiger partial charge on any atom is -0.375 e. The predicted octanol–water partition coefficient (Wildman–Crippen LogP) is 2.39. The van der Waals surface area contributed by atoms with E-state index in [9.17, 15) is 4.79 Å². The SMILES string of the molecule is COCC(=O)NC1CCN(c2ncc(-c3ccncc3)c(C(C)C)n2)CC1. The van der Waals surface area contributed by atoms with Crippen molar-refractivity contribution in [1.29, 1.82) is 0 Å². The number of rotatable bonds is 6. The smallest absolute Gasteiger partial charge is 0.246 e. The van der Waals surface area contributed by atoms with Gasteiger partial charge in [0.25, 0.3) is 0 Å². The highest BCUT2D eigenvalue weighted by Crippen LogP contribution is 2.29. The number of aromatic nitrogens is 3. The standard InChI is InChI=1S/C20H27N5O2/c1-14(2)19-17(15-4-8-21-9-5-15)12-22-20(24-19)25-10-6-16(7-11-25)23-18(26)13-27-3/h4-5,8-9,12,14,16H,6-7,10-11,13H2,1-3H3,(H,23,26). The molecule has 3 heterocycles. The highest BCUT2D eigenvalue weighted by atomic mass is 16.5. The molecule has 3 rings (SSSR count). The molecule has 7 heteroatoms. The first-order chi connectivity index (χ1) is 13.1. The summed E-state index contributed by atoms with van der Waals surface area (Å²) < 4.78 is 4.87. The Balaban J connectivity index is 1.71. The van der Waals surface area contributed by atoms with E-state index in [4.69, 9.17) is 9.72 Å². The van der Waals surface area contributed by atoms with Crippen LogP contribution in [0.5, 0.6) is 0 Å².